The minimum atomic E-state index is -0.0773. The van der Waals surface area contributed by atoms with Gasteiger partial charge >= 0.3 is 0 Å². The van der Waals surface area contributed by atoms with Crippen molar-refractivity contribution in [1.29, 1.82) is 0 Å². The Kier molecular flexibility index (Phi) is 3.10. The molecule has 1 atom stereocenters. The van der Waals surface area contributed by atoms with Gasteiger partial charge in [0.05, 0.1) is 7.11 Å². The molecule has 1 aromatic carbocycles. The van der Waals surface area contributed by atoms with Crippen LogP contribution in [-0.4, -0.2) is 26.2 Å². The first-order chi connectivity index (χ1) is 7.69. The van der Waals surface area contributed by atoms with Gasteiger partial charge in [0.1, 0.15) is 18.5 Å². The van der Waals surface area contributed by atoms with E-state index in [0.717, 1.165) is 16.9 Å². The van der Waals surface area contributed by atoms with Crippen LogP contribution in [0.2, 0.25) is 0 Å². The highest BCUT2D eigenvalue weighted by molar-refractivity contribution is 5.77. The Hall–Kier alpha value is -1.55. The summed E-state index contributed by atoms with van der Waals surface area (Å²) in [6, 6.07) is 5.95. The summed E-state index contributed by atoms with van der Waals surface area (Å²) in [7, 11) is 1.64. The van der Waals surface area contributed by atoms with Gasteiger partial charge in [0.2, 0.25) is 5.91 Å². The first kappa shape index (κ1) is 11.0. The summed E-state index contributed by atoms with van der Waals surface area (Å²) in [5.74, 6) is 0.756. The highest BCUT2D eigenvalue weighted by Gasteiger charge is 2.20. The third-order valence-electron chi connectivity index (χ3n) is 2.58. The zero-order valence-electron chi connectivity index (χ0n) is 9.45. The third-order valence-corrected chi connectivity index (χ3v) is 2.58. The number of benzene rings is 1. The predicted molar refractivity (Wildman–Crippen MR) is 59.4 cm³/mol. The molecule has 0 radical (unpaired) electrons. The molecule has 1 amide bonds. The van der Waals surface area contributed by atoms with Gasteiger partial charge in [-0.1, -0.05) is 6.07 Å². The average molecular weight is 221 g/mol. The van der Waals surface area contributed by atoms with Gasteiger partial charge in [-0.15, -0.1) is 0 Å². The Bertz CT molecular complexity index is 393. The van der Waals surface area contributed by atoms with E-state index in [2.05, 4.69) is 5.32 Å². The normalized spacial score (nSPS) is 20.4. The summed E-state index contributed by atoms with van der Waals surface area (Å²) in [5, 5.41) is 2.78. The van der Waals surface area contributed by atoms with E-state index in [1.165, 1.54) is 0 Å². The van der Waals surface area contributed by atoms with Crippen molar-refractivity contribution < 1.29 is 14.3 Å². The van der Waals surface area contributed by atoms with Gasteiger partial charge < -0.3 is 14.8 Å². The Labute approximate surface area is 94.6 Å². The van der Waals surface area contributed by atoms with E-state index >= 15 is 0 Å². The molecular formula is C12H15NO3. The Morgan fingerprint density at radius 2 is 2.25 bits per heavy atom. The fourth-order valence-electron chi connectivity index (χ4n) is 1.79. The number of rotatable bonds is 2. The van der Waals surface area contributed by atoms with E-state index < -0.39 is 0 Å². The zero-order valence-corrected chi connectivity index (χ0v) is 9.45. The van der Waals surface area contributed by atoms with Crippen molar-refractivity contribution in [2.75, 3.05) is 20.3 Å². The highest BCUT2D eigenvalue weighted by atomic mass is 16.5. The van der Waals surface area contributed by atoms with Gasteiger partial charge in [-0.25, -0.2) is 0 Å². The van der Waals surface area contributed by atoms with E-state index in [0.29, 0.717) is 6.54 Å². The van der Waals surface area contributed by atoms with Crippen LogP contribution in [0.3, 0.4) is 0 Å². The van der Waals surface area contributed by atoms with Gasteiger partial charge in [-0.3, -0.25) is 4.79 Å². The fourth-order valence-corrected chi connectivity index (χ4v) is 1.79. The number of aryl methyl sites for hydroxylation is 1. The lowest BCUT2D eigenvalue weighted by Gasteiger charge is -2.24. The van der Waals surface area contributed by atoms with Crippen LogP contribution in [0.25, 0.3) is 0 Å². The molecule has 1 aliphatic heterocycles. The smallest absolute Gasteiger partial charge is 0.246 e. The monoisotopic (exact) mass is 221 g/mol. The number of hydrogen-bond donors (Lipinski definition) is 1. The lowest BCUT2D eigenvalue weighted by atomic mass is 10.1. The van der Waals surface area contributed by atoms with Crippen LogP contribution >= 0.6 is 0 Å². The molecule has 0 saturated carbocycles. The molecule has 1 heterocycles. The molecule has 1 aliphatic rings. The van der Waals surface area contributed by atoms with Gasteiger partial charge in [-0.05, 0) is 30.2 Å². The van der Waals surface area contributed by atoms with Crippen LogP contribution in [0.4, 0.5) is 0 Å². The molecule has 4 nitrogen and oxygen atoms in total. The number of methoxy groups -OCH3 is 1. The van der Waals surface area contributed by atoms with E-state index in [9.17, 15) is 4.79 Å². The molecular weight excluding hydrogens is 206 g/mol. The maximum atomic E-state index is 11.0. The van der Waals surface area contributed by atoms with Crippen molar-refractivity contribution >= 4 is 5.91 Å². The number of ether oxygens (including phenoxy) is 2. The number of carbonyl (C=O) groups excluding carboxylic acids is 1. The van der Waals surface area contributed by atoms with Gasteiger partial charge in [0.15, 0.2) is 0 Å². The highest BCUT2D eigenvalue weighted by Crippen LogP contribution is 2.24. The lowest BCUT2D eigenvalue weighted by Crippen LogP contribution is -2.38. The zero-order chi connectivity index (χ0) is 11.5. The maximum absolute atomic E-state index is 11.0. The number of morpholine rings is 1. The number of nitrogens with one attached hydrogen (secondary N) is 1. The summed E-state index contributed by atoms with van der Waals surface area (Å²) in [5.41, 5.74) is 2.16. The topological polar surface area (TPSA) is 47.6 Å². The molecule has 0 aliphatic carbocycles. The Morgan fingerprint density at radius 3 is 2.88 bits per heavy atom. The van der Waals surface area contributed by atoms with Crippen molar-refractivity contribution in [1.82, 2.24) is 5.32 Å². The number of hydrogen-bond acceptors (Lipinski definition) is 3. The minimum Gasteiger partial charge on any atom is -0.497 e. The Morgan fingerprint density at radius 1 is 1.44 bits per heavy atom. The second kappa shape index (κ2) is 4.53. The molecule has 0 bridgehead atoms. The van der Waals surface area contributed by atoms with Crippen LogP contribution in [0.5, 0.6) is 5.75 Å². The Balaban J connectivity index is 2.19. The van der Waals surface area contributed by atoms with Crippen LogP contribution < -0.4 is 10.1 Å². The van der Waals surface area contributed by atoms with Crippen molar-refractivity contribution in [3.63, 3.8) is 0 Å². The molecule has 1 fully saturated rings. The molecule has 1 saturated heterocycles. The number of carbonyl (C=O) groups is 1. The fraction of sp³-hybridized carbons (Fsp3) is 0.417. The summed E-state index contributed by atoms with van der Waals surface area (Å²) >= 11 is 0. The van der Waals surface area contributed by atoms with E-state index in [1.54, 1.807) is 7.11 Å². The van der Waals surface area contributed by atoms with E-state index in [-0.39, 0.29) is 18.6 Å². The van der Waals surface area contributed by atoms with E-state index in [4.69, 9.17) is 9.47 Å². The quantitative estimate of drug-likeness (QED) is 0.816. The van der Waals surface area contributed by atoms with Crippen molar-refractivity contribution in [3.05, 3.63) is 29.3 Å². The van der Waals surface area contributed by atoms with E-state index in [1.807, 2.05) is 25.1 Å². The molecule has 1 unspecified atom stereocenters. The van der Waals surface area contributed by atoms with Crippen LogP contribution in [0, 0.1) is 6.92 Å². The molecule has 16 heavy (non-hydrogen) atoms. The maximum Gasteiger partial charge on any atom is 0.246 e. The molecule has 2 rings (SSSR count). The number of amides is 1. The minimum absolute atomic E-state index is 0.0594. The standard InChI is InChI=1S/C12H15NO3/c1-8-3-9(5-10(4-8)15-2)11-6-13-12(14)7-16-11/h3-5,11H,6-7H2,1-2H3,(H,13,14). The SMILES string of the molecule is COc1cc(C)cc(C2CNC(=O)CO2)c1. The molecule has 1 N–H and O–H groups in total. The molecule has 0 spiro atoms. The molecule has 1 aromatic rings. The average Bonchev–Trinajstić information content (AvgIpc) is 2.29. The van der Waals surface area contributed by atoms with Crippen LogP contribution in [0.15, 0.2) is 18.2 Å². The third kappa shape index (κ3) is 2.33. The first-order valence-corrected chi connectivity index (χ1v) is 5.23. The van der Waals surface area contributed by atoms with Gasteiger partial charge in [0.25, 0.3) is 0 Å². The second-order valence-electron chi connectivity index (χ2n) is 3.89. The molecule has 86 valence electrons. The largest absolute Gasteiger partial charge is 0.497 e. The predicted octanol–water partition coefficient (Wildman–Crippen LogP) is 1.19. The molecule has 4 heteroatoms. The van der Waals surface area contributed by atoms with Gasteiger partial charge in [-0.2, -0.15) is 0 Å². The summed E-state index contributed by atoms with van der Waals surface area (Å²) in [6.07, 6.45) is -0.0773. The van der Waals surface area contributed by atoms with Crippen molar-refractivity contribution in [2.24, 2.45) is 0 Å². The summed E-state index contributed by atoms with van der Waals surface area (Å²) in [4.78, 5) is 11.0. The van der Waals surface area contributed by atoms with Gasteiger partial charge in [0, 0.05) is 6.54 Å². The van der Waals surface area contributed by atoms with Crippen molar-refractivity contribution in [2.45, 2.75) is 13.0 Å². The first-order valence-electron chi connectivity index (χ1n) is 5.23. The van der Waals surface area contributed by atoms with Crippen LogP contribution in [-0.2, 0) is 9.53 Å². The van der Waals surface area contributed by atoms with Crippen LogP contribution in [0.1, 0.15) is 17.2 Å². The second-order valence-corrected chi connectivity index (χ2v) is 3.89. The lowest BCUT2D eigenvalue weighted by molar-refractivity contribution is -0.133. The summed E-state index contributed by atoms with van der Waals surface area (Å²) in [6.45, 7) is 2.65. The molecule has 0 aromatic heterocycles. The van der Waals surface area contributed by atoms with Crippen molar-refractivity contribution in [3.8, 4) is 5.75 Å². The summed E-state index contributed by atoms with van der Waals surface area (Å²) < 4.78 is 10.7.